The zero-order chi connectivity index (χ0) is 18.4. The van der Waals surface area contributed by atoms with E-state index in [2.05, 4.69) is 6.58 Å². The molecule has 1 aromatic carbocycles. The van der Waals surface area contributed by atoms with E-state index in [0.29, 0.717) is 5.75 Å². The first kappa shape index (κ1) is 19.1. The number of ether oxygens (including phenoxy) is 2. The maximum Gasteiger partial charge on any atom is 0.416 e. The number of carbonyl (C=O) groups is 1. The summed E-state index contributed by atoms with van der Waals surface area (Å²) in [4.78, 5) is 10.8. The zero-order valence-electron chi connectivity index (χ0n) is 14.0. The lowest BCUT2D eigenvalue weighted by molar-refractivity contribution is -0.140. The van der Waals surface area contributed by atoms with Crippen LogP contribution in [0.25, 0.3) is 0 Å². The Balaban J connectivity index is 2.05. The standard InChI is InChI=1S/C19H21F3O3/c1-3-14-6-7-15(5-4-12-24-13(2)23)18(14)25-17-10-8-16(9-11-17)19(20,21)22/h3-5,8-11,14-15,18H,1,6-7,12H2,2H3/b5-4-/t14-,15+,18+/m1/s1. The van der Waals surface area contributed by atoms with Gasteiger partial charge in [0.1, 0.15) is 18.5 Å². The van der Waals surface area contributed by atoms with E-state index in [1.807, 2.05) is 12.2 Å². The molecule has 0 saturated heterocycles. The number of hydrogen-bond acceptors (Lipinski definition) is 3. The topological polar surface area (TPSA) is 35.5 Å². The minimum absolute atomic E-state index is 0.0841. The van der Waals surface area contributed by atoms with E-state index < -0.39 is 11.7 Å². The fourth-order valence-corrected chi connectivity index (χ4v) is 2.94. The molecule has 25 heavy (non-hydrogen) atoms. The number of rotatable bonds is 6. The average molecular weight is 354 g/mol. The highest BCUT2D eigenvalue weighted by molar-refractivity contribution is 5.65. The third-order valence-corrected chi connectivity index (χ3v) is 4.20. The summed E-state index contributed by atoms with van der Waals surface area (Å²) in [6, 6.07) is 4.69. The van der Waals surface area contributed by atoms with E-state index in [1.54, 1.807) is 6.08 Å². The Hall–Kier alpha value is -2.24. The Morgan fingerprint density at radius 2 is 1.88 bits per heavy atom. The van der Waals surface area contributed by atoms with Gasteiger partial charge in [-0.05, 0) is 37.1 Å². The molecule has 6 heteroatoms. The largest absolute Gasteiger partial charge is 0.489 e. The van der Waals surface area contributed by atoms with Crippen molar-refractivity contribution in [1.82, 2.24) is 0 Å². The molecular weight excluding hydrogens is 333 g/mol. The van der Waals surface area contributed by atoms with Crippen LogP contribution in [0.15, 0.2) is 49.1 Å². The fourth-order valence-electron chi connectivity index (χ4n) is 2.94. The van der Waals surface area contributed by atoms with Crippen molar-refractivity contribution < 1.29 is 27.4 Å². The monoisotopic (exact) mass is 354 g/mol. The first-order valence-corrected chi connectivity index (χ1v) is 8.07. The summed E-state index contributed by atoms with van der Waals surface area (Å²) in [5.74, 6) is 0.245. The molecule has 1 aliphatic carbocycles. The number of hydrogen-bond donors (Lipinski definition) is 0. The molecule has 2 rings (SSSR count). The Bertz CT molecular complexity index is 620. The number of alkyl halides is 3. The summed E-state index contributed by atoms with van der Waals surface area (Å²) in [5.41, 5.74) is -0.704. The van der Waals surface area contributed by atoms with Crippen LogP contribution in [-0.4, -0.2) is 18.7 Å². The lowest BCUT2D eigenvalue weighted by atomic mass is 10.00. The smallest absolute Gasteiger partial charge is 0.416 e. The van der Waals surface area contributed by atoms with Crippen molar-refractivity contribution in [3.63, 3.8) is 0 Å². The van der Waals surface area contributed by atoms with Crippen LogP contribution in [0.4, 0.5) is 13.2 Å². The Kier molecular flexibility index (Phi) is 6.28. The second-order valence-electron chi connectivity index (χ2n) is 5.98. The predicted octanol–water partition coefficient (Wildman–Crippen LogP) is 4.78. The SMILES string of the molecule is C=C[C@@H]1CC[C@H](/C=C\COC(C)=O)[C@H]1Oc1ccc(C(F)(F)F)cc1. The van der Waals surface area contributed by atoms with Crippen molar-refractivity contribution in [3.05, 3.63) is 54.6 Å². The van der Waals surface area contributed by atoms with Crippen molar-refractivity contribution in [2.45, 2.75) is 32.0 Å². The van der Waals surface area contributed by atoms with Crippen LogP contribution >= 0.6 is 0 Å². The van der Waals surface area contributed by atoms with Gasteiger partial charge in [0, 0.05) is 18.8 Å². The summed E-state index contributed by atoms with van der Waals surface area (Å²) in [5, 5.41) is 0. The van der Waals surface area contributed by atoms with Crippen LogP contribution in [0.3, 0.4) is 0 Å². The van der Waals surface area contributed by atoms with Crippen molar-refractivity contribution in [2.75, 3.05) is 6.61 Å². The summed E-state index contributed by atoms with van der Waals surface area (Å²) in [6.45, 7) is 5.35. The Labute approximate surface area is 145 Å². The fraction of sp³-hybridized carbons (Fsp3) is 0.421. The van der Waals surface area contributed by atoms with Crippen LogP contribution < -0.4 is 4.74 Å². The molecule has 0 heterocycles. The summed E-state index contributed by atoms with van der Waals surface area (Å²) < 4.78 is 48.7. The number of halogens is 3. The molecule has 0 aromatic heterocycles. The summed E-state index contributed by atoms with van der Waals surface area (Å²) >= 11 is 0. The van der Waals surface area contributed by atoms with Gasteiger partial charge in [0.05, 0.1) is 5.56 Å². The normalized spacial score (nSPS) is 23.6. The molecule has 0 amide bonds. The van der Waals surface area contributed by atoms with Crippen molar-refractivity contribution >= 4 is 5.97 Å². The molecule has 1 saturated carbocycles. The quantitative estimate of drug-likeness (QED) is 0.545. The van der Waals surface area contributed by atoms with Gasteiger partial charge in [-0.25, -0.2) is 0 Å². The predicted molar refractivity (Wildman–Crippen MR) is 88.0 cm³/mol. The van der Waals surface area contributed by atoms with E-state index in [9.17, 15) is 18.0 Å². The molecule has 1 aromatic rings. The molecule has 0 bridgehead atoms. The molecule has 0 aliphatic heterocycles. The molecule has 136 valence electrons. The zero-order valence-corrected chi connectivity index (χ0v) is 14.0. The van der Waals surface area contributed by atoms with Gasteiger partial charge in [-0.2, -0.15) is 13.2 Å². The maximum atomic E-state index is 12.6. The molecule has 3 atom stereocenters. The second-order valence-corrected chi connectivity index (χ2v) is 5.98. The van der Waals surface area contributed by atoms with Gasteiger partial charge in [0.15, 0.2) is 0 Å². The first-order chi connectivity index (χ1) is 11.8. The summed E-state index contributed by atoms with van der Waals surface area (Å²) in [6.07, 6.45) is 2.70. The maximum absolute atomic E-state index is 12.6. The van der Waals surface area contributed by atoms with Crippen molar-refractivity contribution in [1.29, 1.82) is 0 Å². The minimum Gasteiger partial charge on any atom is -0.489 e. The third kappa shape index (κ3) is 5.37. The van der Waals surface area contributed by atoms with Crippen LogP contribution in [0.1, 0.15) is 25.3 Å². The molecule has 0 N–H and O–H groups in total. The molecular formula is C19H21F3O3. The van der Waals surface area contributed by atoms with E-state index >= 15 is 0 Å². The van der Waals surface area contributed by atoms with E-state index in [1.165, 1.54) is 19.1 Å². The number of carbonyl (C=O) groups excluding carboxylic acids is 1. The molecule has 0 unspecified atom stereocenters. The minimum atomic E-state index is -4.36. The first-order valence-electron chi connectivity index (χ1n) is 8.07. The Morgan fingerprint density at radius 1 is 1.24 bits per heavy atom. The highest BCUT2D eigenvalue weighted by atomic mass is 19.4. The van der Waals surface area contributed by atoms with Gasteiger partial charge in [-0.1, -0.05) is 18.2 Å². The van der Waals surface area contributed by atoms with Crippen LogP contribution in [0.5, 0.6) is 5.75 Å². The highest BCUT2D eigenvalue weighted by Gasteiger charge is 2.35. The molecule has 0 radical (unpaired) electrons. The summed E-state index contributed by atoms with van der Waals surface area (Å²) in [7, 11) is 0. The molecule has 0 spiro atoms. The average Bonchev–Trinajstić information content (AvgIpc) is 2.93. The molecule has 1 fully saturated rings. The third-order valence-electron chi connectivity index (χ3n) is 4.20. The van der Waals surface area contributed by atoms with E-state index in [4.69, 9.17) is 9.47 Å². The second kappa shape index (κ2) is 8.23. The van der Waals surface area contributed by atoms with Crippen molar-refractivity contribution in [2.24, 2.45) is 11.8 Å². The van der Waals surface area contributed by atoms with Crippen LogP contribution in [0, 0.1) is 11.8 Å². The molecule has 3 nitrogen and oxygen atoms in total. The lowest BCUT2D eigenvalue weighted by Crippen LogP contribution is -2.26. The number of benzene rings is 1. The Morgan fingerprint density at radius 3 is 2.44 bits per heavy atom. The van der Waals surface area contributed by atoms with Crippen LogP contribution in [0.2, 0.25) is 0 Å². The van der Waals surface area contributed by atoms with Gasteiger partial charge >= 0.3 is 12.1 Å². The van der Waals surface area contributed by atoms with Gasteiger partial charge in [0.25, 0.3) is 0 Å². The van der Waals surface area contributed by atoms with E-state index in [0.717, 1.165) is 25.0 Å². The molecule has 1 aliphatic rings. The highest BCUT2D eigenvalue weighted by Crippen LogP contribution is 2.37. The number of esters is 1. The van der Waals surface area contributed by atoms with Crippen molar-refractivity contribution in [3.8, 4) is 5.75 Å². The van der Waals surface area contributed by atoms with Gasteiger partial charge in [0.2, 0.25) is 0 Å². The van der Waals surface area contributed by atoms with Gasteiger partial charge in [-0.15, -0.1) is 6.58 Å². The van der Waals surface area contributed by atoms with Gasteiger partial charge in [-0.3, -0.25) is 4.79 Å². The van der Waals surface area contributed by atoms with Crippen LogP contribution in [-0.2, 0) is 15.7 Å². The van der Waals surface area contributed by atoms with E-state index in [-0.39, 0.29) is 30.5 Å². The lowest BCUT2D eigenvalue weighted by Gasteiger charge is -2.23. The van der Waals surface area contributed by atoms with Gasteiger partial charge < -0.3 is 9.47 Å².